The van der Waals surface area contributed by atoms with Gasteiger partial charge in [0, 0.05) is 5.41 Å². The van der Waals surface area contributed by atoms with Gasteiger partial charge in [0.25, 0.3) is 0 Å². The minimum Gasteiger partial charge on any atom is -0.393 e. The Balaban J connectivity index is 1.64. The van der Waals surface area contributed by atoms with Gasteiger partial charge in [-0.15, -0.1) is 0 Å². The number of aliphatic hydroxyl groups is 3. The molecule has 174 valence electrons. The normalized spacial score (nSPS) is 49.2. The molecule has 4 rings (SSSR count). The summed E-state index contributed by atoms with van der Waals surface area (Å²) < 4.78 is 0. The Hall–Kier alpha value is -1.71. The van der Waals surface area contributed by atoms with Crippen LogP contribution in [0.25, 0.3) is 0 Å². The predicted molar refractivity (Wildman–Crippen MR) is 118 cm³/mol. The standard InChI is InChI=1S/C22H38N6O3/c1-19-7-5-14(29)11-13(19)3-4-16-15(19)6-8-20(2)21(30,9-10-22(16,20)31)12-27-28(17(23)24)18(25)26/h12-16,29-31H,3-11H2,1-2H3,(H3,23,24)(H3,25,26)/b27-12+/t13?,14?,15-,16-,19+,20-,21?,22-/m1/s1. The lowest BCUT2D eigenvalue weighted by atomic mass is 9.43. The highest BCUT2D eigenvalue weighted by molar-refractivity contribution is 5.94. The molecular weight excluding hydrogens is 396 g/mol. The van der Waals surface area contributed by atoms with Crippen LogP contribution < -0.4 is 11.5 Å². The first-order valence-electron chi connectivity index (χ1n) is 11.5. The smallest absolute Gasteiger partial charge is 0.216 e. The van der Waals surface area contributed by atoms with Gasteiger partial charge in [-0.1, -0.05) is 13.8 Å². The molecule has 9 nitrogen and oxygen atoms in total. The lowest BCUT2D eigenvalue weighted by molar-refractivity contribution is -0.223. The Bertz CT molecular complexity index is 792. The van der Waals surface area contributed by atoms with E-state index in [0.29, 0.717) is 31.1 Å². The maximum absolute atomic E-state index is 12.1. The third-order valence-electron chi connectivity index (χ3n) is 9.87. The summed E-state index contributed by atoms with van der Waals surface area (Å²) in [7, 11) is 0. The van der Waals surface area contributed by atoms with Crippen LogP contribution in [0.15, 0.2) is 5.10 Å². The summed E-state index contributed by atoms with van der Waals surface area (Å²) in [5, 5.41) is 53.9. The zero-order valence-corrected chi connectivity index (χ0v) is 18.6. The van der Waals surface area contributed by atoms with E-state index in [4.69, 9.17) is 22.3 Å². The first-order valence-corrected chi connectivity index (χ1v) is 11.5. The first kappa shape index (κ1) is 22.5. The lowest BCUT2D eigenvalue weighted by Gasteiger charge is -2.64. The SMILES string of the molecule is C[C@]12CCC(O)CC1CC[C@@H]1[C@H]2CC[C@]2(C)C(O)(/C=N/N(C(=N)N)C(=N)N)CC[C@@]12O. The van der Waals surface area contributed by atoms with Crippen LogP contribution >= 0.6 is 0 Å². The number of nitrogens with one attached hydrogen (secondary N) is 2. The molecule has 0 aromatic rings. The molecule has 0 aliphatic heterocycles. The van der Waals surface area contributed by atoms with Crippen LogP contribution in [-0.4, -0.2) is 55.8 Å². The second-order valence-corrected chi connectivity index (χ2v) is 11.0. The molecule has 4 aliphatic rings. The van der Waals surface area contributed by atoms with Gasteiger partial charge in [-0.05, 0) is 81.0 Å². The van der Waals surface area contributed by atoms with Crippen LogP contribution in [0.2, 0.25) is 0 Å². The third-order valence-corrected chi connectivity index (χ3v) is 9.87. The number of aliphatic hydroxyl groups excluding tert-OH is 1. The Morgan fingerprint density at radius 1 is 0.968 bits per heavy atom. The fourth-order valence-electron chi connectivity index (χ4n) is 7.87. The molecule has 4 saturated carbocycles. The van der Waals surface area contributed by atoms with Gasteiger partial charge < -0.3 is 26.8 Å². The molecule has 4 fully saturated rings. The minimum absolute atomic E-state index is 0.0990. The number of hydrazone groups is 1. The summed E-state index contributed by atoms with van der Waals surface area (Å²) in [5.41, 5.74) is 7.85. The fraction of sp³-hybridized carbons (Fsp3) is 0.864. The Morgan fingerprint density at radius 2 is 1.65 bits per heavy atom. The topological polar surface area (TPSA) is 176 Å². The highest BCUT2D eigenvalue weighted by Gasteiger charge is 2.71. The van der Waals surface area contributed by atoms with Crippen molar-refractivity contribution < 1.29 is 15.3 Å². The van der Waals surface area contributed by atoms with Gasteiger partial charge in [-0.25, -0.2) is 0 Å². The van der Waals surface area contributed by atoms with E-state index in [9.17, 15) is 15.3 Å². The van der Waals surface area contributed by atoms with E-state index >= 15 is 0 Å². The average molecular weight is 435 g/mol. The van der Waals surface area contributed by atoms with Crippen LogP contribution in [0.4, 0.5) is 0 Å². The monoisotopic (exact) mass is 434 g/mol. The number of fused-ring (bicyclic) bond motifs is 5. The zero-order valence-electron chi connectivity index (χ0n) is 18.6. The van der Waals surface area contributed by atoms with Gasteiger partial charge in [0.15, 0.2) is 0 Å². The molecule has 0 aromatic carbocycles. The summed E-state index contributed by atoms with van der Waals surface area (Å²) in [6.07, 6.45) is 8.14. The Labute approximate surface area is 183 Å². The Kier molecular flexibility index (Phi) is 5.18. The molecule has 9 N–H and O–H groups in total. The summed E-state index contributed by atoms with van der Waals surface area (Å²) in [5.74, 6) is -0.0312. The van der Waals surface area contributed by atoms with Gasteiger partial charge in [0.2, 0.25) is 11.9 Å². The van der Waals surface area contributed by atoms with Gasteiger partial charge in [-0.3, -0.25) is 10.8 Å². The van der Waals surface area contributed by atoms with Crippen molar-refractivity contribution in [1.29, 1.82) is 10.8 Å². The van der Waals surface area contributed by atoms with Crippen LogP contribution in [0.5, 0.6) is 0 Å². The van der Waals surface area contributed by atoms with Crippen LogP contribution in [0, 0.1) is 39.4 Å². The first-order chi connectivity index (χ1) is 14.4. The largest absolute Gasteiger partial charge is 0.393 e. The number of rotatable bonds is 2. The maximum atomic E-state index is 12.1. The highest BCUT2D eigenvalue weighted by atomic mass is 16.3. The van der Waals surface area contributed by atoms with Gasteiger partial charge >= 0.3 is 0 Å². The van der Waals surface area contributed by atoms with E-state index in [-0.39, 0.29) is 17.4 Å². The number of nitrogens with zero attached hydrogens (tertiary/aromatic N) is 2. The second-order valence-electron chi connectivity index (χ2n) is 11.0. The molecule has 0 bridgehead atoms. The third kappa shape index (κ3) is 3.03. The van der Waals surface area contributed by atoms with Crippen molar-refractivity contribution in [1.82, 2.24) is 5.01 Å². The van der Waals surface area contributed by atoms with E-state index in [0.717, 1.165) is 43.5 Å². The quantitative estimate of drug-likeness (QED) is 0.196. The molecule has 0 amide bonds. The average Bonchev–Trinajstić information content (AvgIpc) is 2.90. The van der Waals surface area contributed by atoms with Gasteiger partial charge in [-0.2, -0.15) is 10.1 Å². The summed E-state index contributed by atoms with van der Waals surface area (Å²) in [6.45, 7) is 4.31. The van der Waals surface area contributed by atoms with Crippen molar-refractivity contribution in [3.63, 3.8) is 0 Å². The molecule has 8 atom stereocenters. The van der Waals surface area contributed by atoms with Crippen molar-refractivity contribution in [2.45, 2.75) is 88.9 Å². The van der Waals surface area contributed by atoms with Crippen LogP contribution in [0.1, 0.15) is 71.6 Å². The van der Waals surface area contributed by atoms with E-state index < -0.39 is 28.5 Å². The number of hydrogen-bond acceptors (Lipinski definition) is 6. The molecule has 31 heavy (non-hydrogen) atoms. The summed E-state index contributed by atoms with van der Waals surface area (Å²) >= 11 is 0. The zero-order chi connectivity index (χ0) is 22.8. The van der Waals surface area contributed by atoms with E-state index in [1.54, 1.807) is 0 Å². The van der Waals surface area contributed by atoms with Crippen molar-refractivity contribution in [2.24, 2.45) is 45.2 Å². The minimum atomic E-state index is -1.38. The lowest BCUT2D eigenvalue weighted by Crippen LogP contribution is -2.65. The maximum Gasteiger partial charge on any atom is 0.216 e. The highest BCUT2D eigenvalue weighted by Crippen LogP contribution is 2.69. The summed E-state index contributed by atoms with van der Waals surface area (Å²) in [4.78, 5) is 0. The number of guanidine groups is 2. The van der Waals surface area contributed by atoms with E-state index in [1.165, 1.54) is 6.21 Å². The Morgan fingerprint density at radius 3 is 2.29 bits per heavy atom. The number of hydrogen-bond donors (Lipinski definition) is 7. The van der Waals surface area contributed by atoms with Crippen molar-refractivity contribution >= 4 is 18.1 Å². The van der Waals surface area contributed by atoms with Gasteiger partial charge in [0.05, 0.1) is 17.9 Å². The van der Waals surface area contributed by atoms with E-state index in [1.807, 2.05) is 6.92 Å². The summed E-state index contributed by atoms with van der Waals surface area (Å²) in [6, 6.07) is 0. The molecule has 0 radical (unpaired) electrons. The van der Waals surface area contributed by atoms with Gasteiger partial charge in [0.1, 0.15) is 5.60 Å². The fourth-order valence-corrected chi connectivity index (χ4v) is 7.87. The molecule has 0 aromatic heterocycles. The van der Waals surface area contributed by atoms with Crippen LogP contribution in [-0.2, 0) is 0 Å². The van der Waals surface area contributed by atoms with Crippen molar-refractivity contribution in [3.05, 3.63) is 0 Å². The number of nitrogens with two attached hydrogens (primary N) is 2. The van der Waals surface area contributed by atoms with Crippen LogP contribution in [0.3, 0.4) is 0 Å². The van der Waals surface area contributed by atoms with Crippen molar-refractivity contribution in [3.8, 4) is 0 Å². The van der Waals surface area contributed by atoms with E-state index in [2.05, 4.69) is 12.0 Å². The molecule has 0 heterocycles. The molecular formula is C22H38N6O3. The molecule has 9 heteroatoms. The molecule has 3 unspecified atom stereocenters. The van der Waals surface area contributed by atoms with Crippen molar-refractivity contribution in [2.75, 3.05) is 0 Å². The second kappa shape index (κ2) is 7.15. The molecule has 0 saturated heterocycles. The molecule has 4 aliphatic carbocycles. The molecule has 0 spiro atoms. The predicted octanol–water partition coefficient (Wildman–Crippen LogP) is 1.31.